The number of methoxy groups -OCH3 is 1. The van der Waals surface area contributed by atoms with E-state index in [1.165, 1.54) is 32.9 Å². The summed E-state index contributed by atoms with van der Waals surface area (Å²) in [6, 6.07) is 2.61. The minimum absolute atomic E-state index is 0.0109. The Kier molecular flexibility index (Phi) is 12.0. The number of hydrogen-bond acceptors (Lipinski definition) is 8. The van der Waals surface area contributed by atoms with Crippen LogP contribution < -0.4 is 27.0 Å². The zero-order valence-corrected chi connectivity index (χ0v) is 24.5. The highest BCUT2D eigenvalue weighted by molar-refractivity contribution is 7.18. The van der Waals surface area contributed by atoms with Crippen LogP contribution in [0.25, 0.3) is 0 Å². The van der Waals surface area contributed by atoms with Crippen molar-refractivity contribution in [1.29, 1.82) is 0 Å². The Morgan fingerprint density at radius 1 is 0.976 bits per heavy atom. The Morgan fingerprint density at radius 2 is 1.57 bits per heavy atom. The summed E-state index contributed by atoms with van der Waals surface area (Å²) in [5.74, 6) is -3.76. The van der Waals surface area contributed by atoms with E-state index in [-0.39, 0.29) is 40.5 Å². The minimum atomic E-state index is -4.52. The normalized spacial score (nSPS) is 13.4. The van der Waals surface area contributed by atoms with Gasteiger partial charge in [-0.05, 0) is 50.5 Å². The predicted molar refractivity (Wildman–Crippen MR) is 150 cm³/mol. The average Bonchev–Trinajstić information content (AvgIpc) is 3.25. The molecular weight excluding hydrogens is 579 g/mol. The summed E-state index contributed by atoms with van der Waals surface area (Å²) in [7, 11) is 1.14. The first kappa shape index (κ1) is 34.2. The molecule has 0 aliphatic carbocycles. The second-order valence-corrected chi connectivity index (χ2v) is 10.4. The molecule has 0 bridgehead atoms. The molecule has 2 rings (SSSR count). The van der Waals surface area contributed by atoms with Gasteiger partial charge in [-0.15, -0.1) is 11.3 Å². The van der Waals surface area contributed by atoms with Crippen LogP contribution in [0.4, 0.5) is 18.2 Å². The Balaban J connectivity index is 2.13. The van der Waals surface area contributed by atoms with Gasteiger partial charge in [0.1, 0.15) is 11.0 Å². The number of carbonyl (C=O) groups excluding carboxylic acids is 5. The lowest BCUT2D eigenvalue weighted by atomic mass is 9.94. The highest BCUT2D eigenvalue weighted by Crippen LogP contribution is 2.35. The number of halogens is 3. The molecule has 1 aromatic carbocycles. The van der Waals surface area contributed by atoms with Crippen molar-refractivity contribution in [3.63, 3.8) is 0 Å². The molecule has 2 aromatic rings. The third-order valence-electron chi connectivity index (χ3n) is 6.22. The fraction of sp³-hybridized carbons (Fsp3) is 0.444. The summed E-state index contributed by atoms with van der Waals surface area (Å²) in [6.07, 6.45) is -4.27. The highest BCUT2D eigenvalue weighted by atomic mass is 32.1. The van der Waals surface area contributed by atoms with Crippen LogP contribution in [0, 0.1) is 6.92 Å². The van der Waals surface area contributed by atoms with Crippen LogP contribution in [0.15, 0.2) is 24.3 Å². The lowest BCUT2D eigenvalue weighted by molar-refractivity contribution is -0.137. The number of nitrogens with two attached hydrogens (primary N) is 1. The molecule has 42 heavy (non-hydrogen) atoms. The SMILES string of the molecule is CCC(C(=O)Nc1sc(C(=O)NCCNC(=O)C(C)NC(=O)C(C)N)c(C)c1C(=O)OC)c1ccc(C(F)(F)F)cc1. The van der Waals surface area contributed by atoms with Gasteiger partial charge in [0.25, 0.3) is 5.91 Å². The van der Waals surface area contributed by atoms with Crippen molar-refractivity contribution in [2.24, 2.45) is 5.73 Å². The smallest absolute Gasteiger partial charge is 0.416 e. The van der Waals surface area contributed by atoms with Gasteiger partial charge in [0, 0.05) is 13.1 Å². The summed E-state index contributed by atoms with van der Waals surface area (Å²) in [6.45, 7) is 6.20. The molecule has 15 heteroatoms. The van der Waals surface area contributed by atoms with Crippen LogP contribution in [0.2, 0.25) is 0 Å². The molecule has 0 spiro atoms. The van der Waals surface area contributed by atoms with Gasteiger partial charge in [-0.25, -0.2) is 4.79 Å². The van der Waals surface area contributed by atoms with Crippen molar-refractivity contribution >= 4 is 45.9 Å². The van der Waals surface area contributed by atoms with Gasteiger partial charge in [-0.1, -0.05) is 19.1 Å². The fourth-order valence-corrected chi connectivity index (χ4v) is 4.96. The Hall–Kier alpha value is -3.98. The second-order valence-electron chi connectivity index (χ2n) is 9.39. The predicted octanol–water partition coefficient (Wildman–Crippen LogP) is 2.69. The number of hydrogen-bond donors (Lipinski definition) is 5. The zero-order chi connectivity index (χ0) is 31.8. The largest absolute Gasteiger partial charge is 0.465 e. The van der Waals surface area contributed by atoms with E-state index < -0.39 is 59.3 Å². The standard InChI is InChI=1S/C27H34F3N5O6S/c1-6-18(16-7-9-17(10-8-16)27(28,29)30)23(38)35-25-19(26(40)41-5)13(2)20(42-25)24(39)33-12-11-32-22(37)15(4)34-21(36)14(3)31/h7-10,14-15,18H,6,11-12,31H2,1-5H3,(H,32,37)(H,33,39)(H,34,36)(H,35,38). The van der Waals surface area contributed by atoms with E-state index in [2.05, 4.69) is 21.3 Å². The van der Waals surface area contributed by atoms with Crippen LogP contribution in [-0.2, 0) is 25.3 Å². The molecule has 0 fully saturated rings. The van der Waals surface area contributed by atoms with Crippen molar-refractivity contribution < 1.29 is 41.9 Å². The third-order valence-corrected chi connectivity index (χ3v) is 7.43. The van der Waals surface area contributed by atoms with Crippen molar-refractivity contribution in [2.75, 3.05) is 25.5 Å². The molecular formula is C27H34F3N5O6S. The van der Waals surface area contributed by atoms with E-state index in [1.807, 2.05) is 0 Å². The quantitative estimate of drug-likeness (QED) is 0.181. The molecule has 1 aromatic heterocycles. The van der Waals surface area contributed by atoms with Gasteiger partial charge in [0.2, 0.25) is 17.7 Å². The topological polar surface area (TPSA) is 169 Å². The number of thiophene rings is 1. The molecule has 1 heterocycles. The molecule has 230 valence electrons. The molecule has 0 aliphatic heterocycles. The molecule has 3 unspecified atom stereocenters. The maximum Gasteiger partial charge on any atom is 0.416 e. The Bertz CT molecular complexity index is 1310. The van der Waals surface area contributed by atoms with E-state index in [1.54, 1.807) is 6.92 Å². The van der Waals surface area contributed by atoms with Crippen molar-refractivity contribution in [2.45, 2.75) is 58.3 Å². The summed E-state index contributed by atoms with van der Waals surface area (Å²) in [5.41, 5.74) is 5.18. The molecule has 0 saturated carbocycles. The number of rotatable bonds is 12. The summed E-state index contributed by atoms with van der Waals surface area (Å²) >= 11 is 0.834. The first-order valence-electron chi connectivity index (χ1n) is 12.9. The average molecular weight is 614 g/mol. The number of carbonyl (C=O) groups is 5. The number of anilines is 1. The molecule has 6 N–H and O–H groups in total. The van der Waals surface area contributed by atoms with E-state index in [4.69, 9.17) is 10.5 Å². The fourth-order valence-electron chi connectivity index (χ4n) is 3.85. The van der Waals surface area contributed by atoms with Gasteiger partial charge in [-0.2, -0.15) is 13.2 Å². The van der Waals surface area contributed by atoms with E-state index in [0.29, 0.717) is 5.56 Å². The molecule has 0 saturated heterocycles. The van der Waals surface area contributed by atoms with Crippen LogP contribution in [-0.4, -0.2) is 61.9 Å². The van der Waals surface area contributed by atoms with Crippen LogP contribution in [0.1, 0.15) is 69.8 Å². The molecule has 4 amide bonds. The number of benzene rings is 1. The van der Waals surface area contributed by atoms with Crippen molar-refractivity contribution in [1.82, 2.24) is 16.0 Å². The third kappa shape index (κ3) is 8.76. The van der Waals surface area contributed by atoms with Gasteiger partial charge in [0.15, 0.2) is 0 Å². The summed E-state index contributed by atoms with van der Waals surface area (Å²) in [5, 5.41) is 10.3. The minimum Gasteiger partial charge on any atom is -0.465 e. The number of alkyl halides is 3. The van der Waals surface area contributed by atoms with Gasteiger partial charge >= 0.3 is 12.1 Å². The summed E-state index contributed by atoms with van der Waals surface area (Å²) < 4.78 is 43.7. The first-order chi connectivity index (χ1) is 19.6. The highest BCUT2D eigenvalue weighted by Gasteiger charge is 2.31. The van der Waals surface area contributed by atoms with Crippen LogP contribution in [0.3, 0.4) is 0 Å². The van der Waals surface area contributed by atoms with Gasteiger partial charge < -0.3 is 31.7 Å². The first-order valence-corrected chi connectivity index (χ1v) is 13.7. The van der Waals surface area contributed by atoms with Crippen molar-refractivity contribution in [3.05, 3.63) is 51.4 Å². The van der Waals surface area contributed by atoms with E-state index in [9.17, 15) is 37.1 Å². The van der Waals surface area contributed by atoms with Crippen LogP contribution in [0.5, 0.6) is 0 Å². The second kappa shape index (κ2) is 14.8. The lowest BCUT2D eigenvalue weighted by Crippen LogP contribution is -2.50. The van der Waals surface area contributed by atoms with Gasteiger partial charge in [0.05, 0.1) is 35.1 Å². The molecule has 0 aliphatic rings. The van der Waals surface area contributed by atoms with Crippen molar-refractivity contribution in [3.8, 4) is 0 Å². The van der Waals surface area contributed by atoms with Crippen LogP contribution >= 0.6 is 11.3 Å². The van der Waals surface area contributed by atoms with E-state index >= 15 is 0 Å². The number of ether oxygens (including phenoxy) is 1. The number of esters is 1. The Morgan fingerprint density at radius 3 is 2.10 bits per heavy atom. The maximum atomic E-state index is 13.2. The molecule has 11 nitrogen and oxygen atoms in total. The molecule has 3 atom stereocenters. The lowest BCUT2D eigenvalue weighted by Gasteiger charge is -2.16. The van der Waals surface area contributed by atoms with Gasteiger partial charge in [-0.3, -0.25) is 19.2 Å². The number of amides is 4. The molecule has 0 radical (unpaired) electrons. The Labute approximate surface area is 244 Å². The summed E-state index contributed by atoms with van der Waals surface area (Å²) in [4.78, 5) is 62.5. The van der Waals surface area contributed by atoms with E-state index in [0.717, 1.165) is 30.6 Å². The zero-order valence-electron chi connectivity index (χ0n) is 23.7. The number of nitrogens with one attached hydrogen (secondary N) is 4. The monoisotopic (exact) mass is 613 g/mol. The maximum absolute atomic E-state index is 13.2.